The maximum Gasteiger partial charge on any atom is 0.336 e. The number of methoxy groups -OCH3 is 2. The smallest absolute Gasteiger partial charge is 0.336 e. The van der Waals surface area contributed by atoms with Crippen LogP contribution in [0.15, 0.2) is 30.6 Å². The van der Waals surface area contributed by atoms with Crippen molar-refractivity contribution in [2.45, 2.75) is 50.5 Å². The number of aromatic nitrogens is 2. The molecule has 242 valence electrons. The normalized spacial score (nSPS) is 16.6. The zero-order valence-electron chi connectivity index (χ0n) is 24.9. The number of benzene rings is 1. The number of nitrogens with zero attached hydrogens (tertiary/aromatic N) is 4. The van der Waals surface area contributed by atoms with Gasteiger partial charge in [0.25, 0.3) is 0 Å². The van der Waals surface area contributed by atoms with E-state index in [0.717, 1.165) is 94.0 Å². The molecule has 1 atom stereocenters. The van der Waals surface area contributed by atoms with Gasteiger partial charge in [0.05, 0.1) is 46.4 Å². The number of carbonyl (C=O) groups is 3. The molecule has 15 nitrogen and oxygen atoms in total. The molecule has 1 unspecified atom stereocenters. The molecular formula is C29H40N4O11. The van der Waals surface area contributed by atoms with Gasteiger partial charge in [0.1, 0.15) is 11.5 Å². The molecule has 0 radical (unpaired) electrons. The number of hydrogen-bond acceptors (Lipinski definition) is 12. The third-order valence-corrected chi connectivity index (χ3v) is 7.05. The molecule has 0 amide bonds. The first-order chi connectivity index (χ1) is 21.0. The summed E-state index contributed by atoms with van der Waals surface area (Å²) in [6, 6.07) is 5.97. The molecule has 2 aliphatic rings. The van der Waals surface area contributed by atoms with Crippen LogP contribution in [0.25, 0.3) is 0 Å². The minimum Gasteiger partial charge on any atom is -0.497 e. The van der Waals surface area contributed by atoms with Gasteiger partial charge in [-0.2, -0.15) is 0 Å². The maximum atomic E-state index is 10.3. The Bertz CT molecular complexity index is 1220. The lowest BCUT2D eigenvalue weighted by Gasteiger charge is -2.27. The molecule has 0 aliphatic carbocycles. The molecule has 2 saturated heterocycles. The van der Waals surface area contributed by atoms with E-state index in [1.54, 1.807) is 14.2 Å². The van der Waals surface area contributed by atoms with E-state index in [0.29, 0.717) is 0 Å². The third kappa shape index (κ3) is 10.6. The number of anilines is 1. The number of ether oxygens (including phenoxy) is 4. The molecule has 2 aromatic rings. The Kier molecular flexibility index (Phi) is 13.1. The van der Waals surface area contributed by atoms with Crippen molar-refractivity contribution in [3.63, 3.8) is 0 Å². The second-order valence-corrected chi connectivity index (χ2v) is 10.5. The van der Waals surface area contributed by atoms with Gasteiger partial charge in [-0.25, -0.2) is 14.8 Å². The molecule has 0 spiro atoms. The fourth-order valence-electron chi connectivity index (χ4n) is 4.81. The van der Waals surface area contributed by atoms with Crippen LogP contribution in [0.1, 0.15) is 36.8 Å². The molecule has 2 fully saturated rings. The molecule has 1 aromatic carbocycles. The highest BCUT2D eigenvalue weighted by Gasteiger charge is 2.40. The van der Waals surface area contributed by atoms with Crippen molar-refractivity contribution in [3.8, 4) is 11.5 Å². The van der Waals surface area contributed by atoms with Crippen LogP contribution in [0, 0.1) is 0 Å². The van der Waals surface area contributed by atoms with E-state index < -0.39 is 36.4 Å². The zero-order valence-corrected chi connectivity index (χ0v) is 24.9. The van der Waals surface area contributed by atoms with Gasteiger partial charge in [-0.15, -0.1) is 0 Å². The quantitative estimate of drug-likeness (QED) is 0.235. The van der Waals surface area contributed by atoms with E-state index in [9.17, 15) is 14.4 Å². The van der Waals surface area contributed by atoms with Crippen LogP contribution in [0.4, 0.5) is 5.95 Å². The predicted molar refractivity (Wildman–Crippen MR) is 155 cm³/mol. The molecule has 3 heterocycles. The summed E-state index contributed by atoms with van der Waals surface area (Å²) < 4.78 is 22.3. The minimum absolute atomic E-state index is 0.262. The molecule has 1 aromatic heterocycles. The van der Waals surface area contributed by atoms with E-state index in [4.69, 9.17) is 39.4 Å². The van der Waals surface area contributed by atoms with Gasteiger partial charge in [0.15, 0.2) is 5.60 Å². The second-order valence-electron chi connectivity index (χ2n) is 10.5. The van der Waals surface area contributed by atoms with Crippen LogP contribution >= 0.6 is 0 Å². The van der Waals surface area contributed by atoms with Crippen molar-refractivity contribution in [3.05, 3.63) is 41.7 Å². The van der Waals surface area contributed by atoms with Crippen LogP contribution < -0.4 is 14.4 Å². The average molecular weight is 621 g/mol. The van der Waals surface area contributed by atoms with Gasteiger partial charge in [-0.05, 0) is 18.9 Å². The fraction of sp³-hybridized carbons (Fsp3) is 0.552. The van der Waals surface area contributed by atoms with Crippen LogP contribution in [0.5, 0.6) is 11.5 Å². The summed E-state index contributed by atoms with van der Waals surface area (Å²) in [4.78, 5) is 44.3. The van der Waals surface area contributed by atoms with Crippen LogP contribution in [0.2, 0.25) is 0 Å². The van der Waals surface area contributed by atoms with Crippen molar-refractivity contribution in [2.24, 2.45) is 0 Å². The SMILES string of the molecule is COc1ccc(CN(Cc2cnc(N3CCOCC3)nc2)CC2CCCO2)c(OC)c1.O=C(O)CC(O)(CC(=O)O)C(=O)O. The molecule has 0 bridgehead atoms. The van der Waals surface area contributed by atoms with Crippen molar-refractivity contribution < 1.29 is 53.8 Å². The standard InChI is InChI=1S/C23H32N4O4.C6H8O7/c1-28-20-6-5-19(22(12-20)29-2)16-26(17-21-4-3-9-31-21)15-18-13-24-23(25-14-18)27-7-10-30-11-8-27;7-3(8)1-6(13,5(11)12)2-4(9)10/h5-6,12-14,21H,3-4,7-11,15-17H2,1-2H3;13H,1-2H2,(H,7,8)(H,9,10)(H,11,12). The van der Waals surface area contributed by atoms with E-state index in [1.807, 2.05) is 24.5 Å². The fourth-order valence-corrected chi connectivity index (χ4v) is 4.81. The minimum atomic E-state index is -2.74. The Balaban J connectivity index is 0.000000345. The summed E-state index contributed by atoms with van der Waals surface area (Å²) in [6.07, 6.45) is 4.07. The van der Waals surface area contributed by atoms with E-state index in [1.165, 1.54) is 0 Å². The zero-order chi connectivity index (χ0) is 32.1. The van der Waals surface area contributed by atoms with E-state index in [-0.39, 0.29) is 6.10 Å². The Morgan fingerprint density at radius 3 is 2.18 bits per heavy atom. The van der Waals surface area contributed by atoms with Gasteiger partial charge < -0.3 is 44.3 Å². The number of rotatable bonds is 14. The molecule has 44 heavy (non-hydrogen) atoms. The lowest BCUT2D eigenvalue weighted by Crippen LogP contribution is -2.42. The number of carboxylic acids is 3. The van der Waals surface area contributed by atoms with Crippen molar-refractivity contribution >= 4 is 23.9 Å². The van der Waals surface area contributed by atoms with E-state index in [2.05, 4.69) is 25.8 Å². The molecular weight excluding hydrogens is 580 g/mol. The molecule has 0 saturated carbocycles. The second kappa shape index (κ2) is 16.7. The van der Waals surface area contributed by atoms with Gasteiger partial charge in [-0.1, -0.05) is 6.07 Å². The first-order valence-electron chi connectivity index (χ1n) is 14.1. The summed E-state index contributed by atoms with van der Waals surface area (Å²) >= 11 is 0. The summed E-state index contributed by atoms with van der Waals surface area (Å²) in [5, 5.41) is 33.8. The van der Waals surface area contributed by atoms with Gasteiger partial charge in [0, 0.05) is 68.9 Å². The first-order valence-corrected chi connectivity index (χ1v) is 14.1. The lowest BCUT2D eigenvalue weighted by atomic mass is 9.96. The average Bonchev–Trinajstić information content (AvgIpc) is 3.50. The molecule has 4 rings (SSSR count). The first kappa shape index (κ1) is 34.4. The Hall–Kier alpha value is -4.05. The van der Waals surface area contributed by atoms with Crippen LogP contribution in [-0.4, -0.2) is 119 Å². The number of carboxylic acid groups (broad SMARTS) is 3. The van der Waals surface area contributed by atoms with Crippen LogP contribution in [0.3, 0.4) is 0 Å². The largest absolute Gasteiger partial charge is 0.497 e. The Morgan fingerprint density at radius 2 is 1.66 bits per heavy atom. The number of morpholine rings is 1. The lowest BCUT2D eigenvalue weighted by molar-refractivity contribution is -0.170. The molecule has 15 heteroatoms. The van der Waals surface area contributed by atoms with Crippen molar-refractivity contribution in [2.75, 3.05) is 58.6 Å². The van der Waals surface area contributed by atoms with Crippen molar-refractivity contribution in [1.82, 2.24) is 14.9 Å². The summed E-state index contributed by atoms with van der Waals surface area (Å²) in [5.74, 6) is -2.63. The van der Waals surface area contributed by atoms with E-state index >= 15 is 0 Å². The maximum absolute atomic E-state index is 10.3. The van der Waals surface area contributed by atoms with Gasteiger partial charge in [-0.3, -0.25) is 14.5 Å². The highest BCUT2D eigenvalue weighted by atomic mass is 16.5. The summed E-state index contributed by atoms with van der Waals surface area (Å²) in [6.45, 7) is 6.33. The summed E-state index contributed by atoms with van der Waals surface area (Å²) in [7, 11) is 3.36. The highest BCUT2D eigenvalue weighted by molar-refractivity contribution is 5.88. The monoisotopic (exact) mass is 620 g/mol. The Labute approximate surface area is 254 Å². The summed E-state index contributed by atoms with van der Waals surface area (Å²) in [5.41, 5.74) is -0.535. The number of aliphatic carboxylic acids is 3. The molecule has 2 aliphatic heterocycles. The number of hydrogen-bond donors (Lipinski definition) is 4. The van der Waals surface area contributed by atoms with Crippen LogP contribution in [-0.2, 0) is 36.9 Å². The molecule has 4 N–H and O–H groups in total. The Morgan fingerprint density at radius 1 is 1.00 bits per heavy atom. The van der Waals surface area contributed by atoms with Gasteiger partial charge in [0.2, 0.25) is 5.95 Å². The predicted octanol–water partition coefficient (Wildman–Crippen LogP) is 1.26. The van der Waals surface area contributed by atoms with Crippen molar-refractivity contribution in [1.29, 1.82) is 0 Å². The topological polar surface area (TPSA) is 201 Å². The third-order valence-electron chi connectivity index (χ3n) is 7.05. The highest BCUT2D eigenvalue weighted by Crippen LogP contribution is 2.27. The van der Waals surface area contributed by atoms with Gasteiger partial charge >= 0.3 is 17.9 Å². The number of aliphatic hydroxyl groups is 1.